The molecule has 6 heteroatoms. The molecule has 130 valence electrons. The van der Waals surface area contributed by atoms with Crippen molar-refractivity contribution < 1.29 is 4.79 Å². The summed E-state index contributed by atoms with van der Waals surface area (Å²) >= 11 is 1.61. The van der Waals surface area contributed by atoms with Crippen molar-refractivity contribution in [1.29, 1.82) is 0 Å². The van der Waals surface area contributed by atoms with Gasteiger partial charge in [-0.1, -0.05) is 17.7 Å². The lowest BCUT2D eigenvalue weighted by atomic mass is 9.99. The first-order chi connectivity index (χ1) is 12.1. The monoisotopic (exact) mass is 354 g/mol. The number of thiazole rings is 1. The minimum atomic E-state index is 0.0401. The Labute approximate surface area is 151 Å². The molecule has 1 atom stereocenters. The van der Waals surface area contributed by atoms with Crippen LogP contribution in [-0.4, -0.2) is 28.4 Å². The van der Waals surface area contributed by atoms with Crippen molar-refractivity contribution in [2.45, 2.75) is 32.7 Å². The average Bonchev–Trinajstić information content (AvgIpc) is 3.20. The maximum Gasteiger partial charge on any atom is 0.240 e. The molecule has 4 rings (SSSR count). The summed E-state index contributed by atoms with van der Waals surface area (Å²) in [5, 5.41) is 5.34. The van der Waals surface area contributed by atoms with Crippen LogP contribution in [0.4, 0.5) is 5.69 Å². The van der Waals surface area contributed by atoms with Crippen molar-refractivity contribution in [3.63, 3.8) is 0 Å². The van der Waals surface area contributed by atoms with Gasteiger partial charge < -0.3 is 10.2 Å². The van der Waals surface area contributed by atoms with Gasteiger partial charge in [-0.15, -0.1) is 11.3 Å². The quantitative estimate of drug-likeness (QED) is 0.782. The van der Waals surface area contributed by atoms with E-state index in [2.05, 4.69) is 35.4 Å². The van der Waals surface area contributed by atoms with Gasteiger partial charge >= 0.3 is 0 Å². The average molecular weight is 354 g/mol. The van der Waals surface area contributed by atoms with Crippen molar-refractivity contribution in [2.24, 2.45) is 0 Å². The van der Waals surface area contributed by atoms with Crippen LogP contribution >= 0.6 is 11.3 Å². The number of fused-ring (bicyclic) bond motifs is 2. The van der Waals surface area contributed by atoms with Gasteiger partial charge in [0.2, 0.25) is 5.91 Å². The number of benzene rings is 1. The number of rotatable bonds is 4. The van der Waals surface area contributed by atoms with Crippen molar-refractivity contribution in [3.8, 4) is 0 Å². The first-order valence-electron chi connectivity index (χ1n) is 8.67. The molecule has 0 spiro atoms. The molecule has 25 heavy (non-hydrogen) atoms. The van der Waals surface area contributed by atoms with Crippen LogP contribution in [0.25, 0.3) is 4.96 Å². The van der Waals surface area contributed by atoms with E-state index in [0.717, 1.165) is 35.7 Å². The van der Waals surface area contributed by atoms with E-state index in [-0.39, 0.29) is 11.9 Å². The number of nitrogens with zero attached hydrogens (tertiary/aromatic N) is 3. The van der Waals surface area contributed by atoms with Gasteiger partial charge in [0.05, 0.1) is 12.2 Å². The number of hydrogen-bond donors (Lipinski definition) is 1. The predicted molar refractivity (Wildman–Crippen MR) is 101 cm³/mol. The molecule has 1 N–H and O–H groups in total. The highest BCUT2D eigenvalue weighted by Gasteiger charge is 2.23. The first-order valence-corrected chi connectivity index (χ1v) is 9.55. The molecule has 1 aromatic carbocycles. The van der Waals surface area contributed by atoms with Crippen molar-refractivity contribution in [1.82, 2.24) is 14.7 Å². The van der Waals surface area contributed by atoms with Crippen LogP contribution in [0.3, 0.4) is 0 Å². The standard InChI is InChI=1S/C19H22N4OS/c1-13-5-6-17-15(10-13)4-3-7-23(17)18(24)11-20-14(2)16-12-22-8-9-25-19(22)21-16/h5-6,8-10,12,14,20H,3-4,7,11H2,1-2H3. The molecule has 1 aliphatic rings. The predicted octanol–water partition coefficient (Wildman–Crippen LogP) is 3.33. The Balaban J connectivity index is 1.43. The Morgan fingerprint density at radius 2 is 2.32 bits per heavy atom. The molecule has 2 aromatic heterocycles. The maximum atomic E-state index is 12.7. The molecule has 0 saturated carbocycles. The van der Waals surface area contributed by atoms with E-state index in [0.29, 0.717) is 6.54 Å². The zero-order chi connectivity index (χ0) is 17.4. The lowest BCUT2D eigenvalue weighted by molar-refractivity contribution is -0.118. The summed E-state index contributed by atoms with van der Waals surface area (Å²) in [5.74, 6) is 0.123. The third kappa shape index (κ3) is 3.19. The Morgan fingerprint density at radius 3 is 3.16 bits per heavy atom. The van der Waals surface area contributed by atoms with Gasteiger partial charge in [-0.3, -0.25) is 9.20 Å². The van der Waals surface area contributed by atoms with Crippen molar-refractivity contribution >= 4 is 27.9 Å². The molecule has 0 bridgehead atoms. The van der Waals surface area contributed by atoms with Gasteiger partial charge in [0.15, 0.2) is 4.96 Å². The number of amides is 1. The van der Waals surface area contributed by atoms with Crippen molar-refractivity contribution in [2.75, 3.05) is 18.0 Å². The summed E-state index contributed by atoms with van der Waals surface area (Å²) in [6.45, 7) is 5.26. The molecular formula is C19H22N4OS. The molecule has 5 nitrogen and oxygen atoms in total. The zero-order valence-corrected chi connectivity index (χ0v) is 15.3. The van der Waals surface area contributed by atoms with Crippen LogP contribution in [-0.2, 0) is 11.2 Å². The number of aryl methyl sites for hydroxylation is 2. The molecule has 0 saturated heterocycles. The highest BCUT2D eigenvalue weighted by molar-refractivity contribution is 7.15. The fourth-order valence-corrected chi connectivity index (χ4v) is 4.09. The Morgan fingerprint density at radius 1 is 1.44 bits per heavy atom. The lowest BCUT2D eigenvalue weighted by Crippen LogP contribution is -2.41. The number of carbonyl (C=O) groups is 1. The molecule has 1 amide bonds. The van der Waals surface area contributed by atoms with Gasteiger partial charge in [0.1, 0.15) is 0 Å². The van der Waals surface area contributed by atoms with Gasteiger partial charge in [-0.2, -0.15) is 0 Å². The van der Waals surface area contributed by atoms with Gasteiger partial charge in [-0.05, 0) is 38.3 Å². The number of imidazole rings is 1. The first kappa shape index (κ1) is 16.3. The van der Waals surface area contributed by atoms with Gasteiger partial charge in [-0.25, -0.2) is 4.98 Å². The van der Waals surface area contributed by atoms with E-state index in [1.165, 1.54) is 11.1 Å². The molecular weight excluding hydrogens is 332 g/mol. The third-order valence-electron chi connectivity index (χ3n) is 4.77. The SMILES string of the molecule is Cc1ccc2c(c1)CCCN2C(=O)CNC(C)c1cn2ccsc2n1. The summed E-state index contributed by atoms with van der Waals surface area (Å²) in [6.07, 6.45) is 6.10. The van der Waals surface area contributed by atoms with E-state index in [1.807, 2.05) is 34.0 Å². The van der Waals surface area contributed by atoms with Gasteiger partial charge in [0.25, 0.3) is 0 Å². The second-order valence-corrected chi connectivity index (χ2v) is 7.52. The summed E-state index contributed by atoms with van der Waals surface area (Å²) in [7, 11) is 0. The van der Waals surface area contributed by atoms with Crippen LogP contribution in [0.2, 0.25) is 0 Å². The molecule has 0 aliphatic carbocycles. The summed E-state index contributed by atoms with van der Waals surface area (Å²) in [6, 6.07) is 6.40. The van der Waals surface area contributed by atoms with E-state index >= 15 is 0 Å². The third-order valence-corrected chi connectivity index (χ3v) is 5.54. The van der Waals surface area contributed by atoms with Gasteiger partial charge in [0, 0.05) is 36.0 Å². The molecule has 3 heterocycles. The van der Waals surface area contributed by atoms with E-state index < -0.39 is 0 Å². The minimum absolute atomic E-state index is 0.0401. The smallest absolute Gasteiger partial charge is 0.240 e. The van der Waals surface area contributed by atoms with Crippen molar-refractivity contribution in [3.05, 3.63) is 52.8 Å². The number of aromatic nitrogens is 2. The molecule has 0 fully saturated rings. The topological polar surface area (TPSA) is 49.6 Å². The number of carbonyl (C=O) groups excluding carboxylic acids is 1. The van der Waals surface area contributed by atoms with E-state index in [4.69, 9.17) is 0 Å². The van der Waals surface area contributed by atoms with Crippen LogP contribution in [0.1, 0.15) is 36.2 Å². The summed E-state index contributed by atoms with van der Waals surface area (Å²) in [4.78, 5) is 20.2. The molecule has 1 unspecified atom stereocenters. The number of nitrogens with one attached hydrogen (secondary N) is 1. The molecule has 1 aliphatic heterocycles. The van der Waals surface area contributed by atoms with E-state index in [9.17, 15) is 4.79 Å². The van der Waals surface area contributed by atoms with Crippen LogP contribution < -0.4 is 10.2 Å². The Bertz CT molecular complexity index is 885. The highest BCUT2D eigenvalue weighted by Crippen LogP contribution is 2.28. The Kier molecular flexibility index (Phi) is 4.31. The normalized spacial score (nSPS) is 15.4. The summed E-state index contributed by atoms with van der Waals surface area (Å²) in [5.41, 5.74) is 4.56. The zero-order valence-electron chi connectivity index (χ0n) is 14.5. The number of anilines is 1. The molecule has 0 radical (unpaired) electrons. The second kappa shape index (κ2) is 6.61. The minimum Gasteiger partial charge on any atom is -0.311 e. The largest absolute Gasteiger partial charge is 0.311 e. The number of hydrogen-bond acceptors (Lipinski definition) is 4. The summed E-state index contributed by atoms with van der Waals surface area (Å²) < 4.78 is 2.02. The van der Waals surface area contributed by atoms with Crippen LogP contribution in [0.5, 0.6) is 0 Å². The van der Waals surface area contributed by atoms with E-state index in [1.54, 1.807) is 11.3 Å². The highest BCUT2D eigenvalue weighted by atomic mass is 32.1. The Hall–Kier alpha value is -2.18. The van der Waals surface area contributed by atoms with Crippen LogP contribution in [0.15, 0.2) is 36.0 Å². The fraction of sp³-hybridized carbons (Fsp3) is 0.368. The second-order valence-electron chi connectivity index (χ2n) is 6.64. The fourth-order valence-electron chi connectivity index (χ4n) is 3.38. The van der Waals surface area contributed by atoms with Crippen LogP contribution in [0, 0.1) is 6.92 Å². The maximum absolute atomic E-state index is 12.7. The molecule has 3 aromatic rings. The lowest BCUT2D eigenvalue weighted by Gasteiger charge is -2.30.